The van der Waals surface area contributed by atoms with Crippen LogP contribution in [0.2, 0.25) is 0 Å². The standard InChI is InChI=1S/C2H2F4.4FH.Si/c3-1-2(4,5)6;;;;;/h1H2;4*1H;/q;;;;;+4/p-4. The molecule has 0 saturated carbocycles. The molecule has 9 heteroatoms. The molecule has 0 bridgehead atoms. The maximum atomic E-state index is 10.4. The normalized spacial score (nSPS) is 6.55. The van der Waals surface area contributed by atoms with Crippen LogP contribution < -0.4 is 18.8 Å². The molecular weight excluding hydrogens is 204 g/mol. The molecule has 0 rings (SSSR count). The molecule has 0 aliphatic heterocycles. The molecule has 0 heterocycles. The van der Waals surface area contributed by atoms with Crippen LogP contribution in [0.15, 0.2) is 0 Å². The van der Waals surface area contributed by atoms with E-state index in [0.29, 0.717) is 0 Å². The molecule has 0 aromatic carbocycles. The molecule has 70 valence electrons. The Morgan fingerprint density at radius 1 is 0.818 bits per heavy atom. The Morgan fingerprint density at radius 3 is 0.909 bits per heavy atom. The Morgan fingerprint density at radius 2 is 0.909 bits per heavy atom. The number of hydrogen-bond acceptors (Lipinski definition) is 0. The largest absolute Gasteiger partial charge is 4.00 e. The van der Waals surface area contributed by atoms with Crippen LogP contribution >= 0.6 is 0 Å². The second kappa shape index (κ2) is 16.3. The zero-order valence-corrected chi connectivity index (χ0v) is 5.73. The molecule has 0 spiro atoms. The van der Waals surface area contributed by atoms with Crippen molar-refractivity contribution in [3.8, 4) is 0 Å². The van der Waals surface area contributed by atoms with Gasteiger partial charge >= 0.3 is 17.1 Å². The van der Waals surface area contributed by atoms with Crippen molar-refractivity contribution in [2.75, 3.05) is 6.67 Å². The fraction of sp³-hybridized carbons (Fsp3) is 1.00. The molecule has 11 heavy (non-hydrogen) atoms. The average Bonchev–Trinajstić information content (AvgIpc) is 1.35. The Bertz CT molecular complexity index is 41.8. The van der Waals surface area contributed by atoms with E-state index >= 15 is 0 Å². The fourth-order valence-electron chi connectivity index (χ4n) is 0. The van der Waals surface area contributed by atoms with Gasteiger partial charge in [0.05, 0.1) is 0 Å². The summed E-state index contributed by atoms with van der Waals surface area (Å²) in [6, 6.07) is 0. The van der Waals surface area contributed by atoms with E-state index in [1.165, 1.54) is 0 Å². The van der Waals surface area contributed by atoms with Crippen LogP contribution in [0.5, 0.6) is 0 Å². The Kier molecular flexibility index (Phi) is 68.0. The third-order valence-corrected chi connectivity index (χ3v) is 0.152. The minimum absolute atomic E-state index is 0. The minimum Gasteiger partial charge on any atom is -1.00 e. The molecule has 0 aliphatic carbocycles. The average molecular weight is 206 g/mol. The van der Waals surface area contributed by atoms with Crippen molar-refractivity contribution in [2.24, 2.45) is 0 Å². The fourth-order valence-corrected chi connectivity index (χ4v) is 0. The molecule has 0 aromatic heterocycles. The monoisotopic (exact) mass is 206 g/mol. The van der Waals surface area contributed by atoms with Crippen LogP contribution in [-0.4, -0.2) is 23.8 Å². The summed E-state index contributed by atoms with van der Waals surface area (Å²) in [7, 11) is 0. The van der Waals surface area contributed by atoms with Crippen molar-refractivity contribution in [3.05, 3.63) is 0 Å². The van der Waals surface area contributed by atoms with Crippen LogP contribution in [0.25, 0.3) is 0 Å². The summed E-state index contributed by atoms with van der Waals surface area (Å²) < 4.78 is 41.6. The van der Waals surface area contributed by atoms with Crippen LogP contribution in [0, 0.1) is 0 Å². The van der Waals surface area contributed by atoms with Gasteiger partial charge in [-0.1, -0.05) is 0 Å². The summed E-state index contributed by atoms with van der Waals surface area (Å²) >= 11 is 0. The van der Waals surface area contributed by atoms with Crippen molar-refractivity contribution < 1.29 is 36.4 Å². The summed E-state index contributed by atoms with van der Waals surface area (Å²) in [5.74, 6) is 0. The van der Waals surface area contributed by atoms with Gasteiger partial charge in [0.1, 0.15) is 0 Å². The van der Waals surface area contributed by atoms with E-state index in [0.717, 1.165) is 0 Å². The molecule has 0 unspecified atom stereocenters. The van der Waals surface area contributed by atoms with Gasteiger partial charge in [-0.25, -0.2) is 4.39 Å². The first-order chi connectivity index (χ1) is 2.56. The van der Waals surface area contributed by atoms with Crippen LogP contribution in [-0.2, 0) is 0 Å². The van der Waals surface area contributed by atoms with E-state index in [2.05, 4.69) is 0 Å². The van der Waals surface area contributed by atoms with Crippen molar-refractivity contribution in [1.82, 2.24) is 0 Å². The number of halogens is 8. The van der Waals surface area contributed by atoms with Gasteiger partial charge < -0.3 is 18.8 Å². The predicted molar refractivity (Wildman–Crippen MR) is 17.8 cm³/mol. The van der Waals surface area contributed by atoms with Crippen molar-refractivity contribution in [1.29, 1.82) is 0 Å². The summed E-state index contributed by atoms with van der Waals surface area (Å²) in [4.78, 5) is 0. The molecule has 0 aromatic rings. The van der Waals surface area contributed by atoms with Crippen molar-refractivity contribution in [3.63, 3.8) is 0 Å². The van der Waals surface area contributed by atoms with E-state index < -0.39 is 12.9 Å². The minimum atomic E-state index is -4.62. The van der Waals surface area contributed by atoms with Gasteiger partial charge in [-0.05, 0) is 0 Å². The number of rotatable bonds is 0. The van der Waals surface area contributed by atoms with Crippen LogP contribution in [0.1, 0.15) is 0 Å². The van der Waals surface area contributed by atoms with E-state index in [1.54, 1.807) is 0 Å². The van der Waals surface area contributed by atoms with Gasteiger partial charge in [0.25, 0.3) is 0 Å². The van der Waals surface area contributed by atoms with Gasteiger partial charge in [0, 0.05) is 0 Å². The van der Waals surface area contributed by atoms with Crippen LogP contribution in [0.4, 0.5) is 17.6 Å². The molecule has 0 aliphatic rings. The summed E-state index contributed by atoms with van der Waals surface area (Å²) in [6.45, 7) is -2.23. The first kappa shape index (κ1) is 45.8. The Hall–Kier alpha value is -0.343. The third kappa shape index (κ3) is 80.2. The van der Waals surface area contributed by atoms with Crippen molar-refractivity contribution in [2.45, 2.75) is 6.18 Å². The van der Waals surface area contributed by atoms with Crippen molar-refractivity contribution >= 4 is 11.0 Å². The summed E-state index contributed by atoms with van der Waals surface area (Å²) in [5, 5.41) is 0. The number of hydrogen-bond donors (Lipinski definition) is 0. The van der Waals surface area contributed by atoms with E-state index in [-0.39, 0.29) is 29.8 Å². The molecule has 0 saturated heterocycles. The topological polar surface area (TPSA) is 0 Å². The number of alkyl halides is 4. The second-order valence-corrected chi connectivity index (χ2v) is 0.749. The zero-order chi connectivity index (χ0) is 5.21. The van der Waals surface area contributed by atoms with Crippen LogP contribution in [0.3, 0.4) is 0 Å². The quantitative estimate of drug-likeness (QED) is 0.273. The summed E-state index contributed by atoms with van der Waals surface area (Å²) in [5.41, 5.74) is 0. The van der Waals surface area contributed by atoms with Gasteiger partial charge in [-0.3, -0.25) is 0 Å². The molecule has 0 nitrogen and oxygen atoms in total. The zero-order valence-electron chi connectivity index (χ0n) is 4.73. The van der Waals surface area contributed by atoms with E-state index in [1.807, 2.05) is 0 Å². The molecular formula is C2H2F8Si. The smallest absolute Gasteiger partial charge is 1.00 e. The summed E-state index contributed by atoms with van der Waals surface area (Å²) in [6.07, 6.45) is -4.62. The first-order valence-electron chi connectivity index (χ1n) is 1.19. The van der Waals surface area contributed by atoms with Gasteiger partial charge in [-0.2, -0.15) is 13.2 Å². The molecule has 0 fully saturated rings. The van der Waals surface area contributed by atoms with E-state index in [9.17, 15) is 17.6 Å². The molecule has 0 radical (unpaired) electrons. The maximum Gasteiger partial charge on any atom is 4.00 e. The Balaban J connectivity index is -0.0000000125. The SMILES string of the molecule is FCC(F)(F)F.[F-].[F-].[F-].[F-].[Si+4]. The van der Waals surface area contributed by atoms with Gasteiger partial charge in [0.15, 0.2) is 6.67 Å². The first-order valence-corrected chi connectivity index (χ1v) is 1.19. The molecule has 0 atom stereocenters. The molecule has 0 amide bonds. The Labute approximate surface area is 61.5 Å². The molecule has 0 N–H and O–H groups in total. The van der Waals surface area contributed by atoms with E-state index in [4.69, 9.17) is 0 Å². The third-order valence-electron chi connectivity index (χ3n) is 0.152. The van der Waals surface area contributed by atoms with Gasteiger partial charge in [-0.15, -0.1) is 0 Å². The second-order valence-electron chi connectivity index (χ2n) is 0.749. The van der Waals surface area contributed by atoms with Gasteiger partial charge in [0.2, 0.25) is 0 Å². The predicted octanol–water partition coefficient (Wildman–Crippen LogP) is -10.8. The maximum absolute atomic E-state index is 10.4.